The van der Waals surface area contributed by atoms with Crippen molar-refractivity contribution in [1.29, 1.82) is 0 Å². The van der Waals surface area contributed by atoms with Crippen molar-refractivity contribution < 1.29 is 19.4 Å². The first-order valence-corrected chi connectivity index (χ1v) is 11.5. The third-order valence-electron chi connectivity index (χ3n) is 5.75. The lowest BCUT2D eigenvalue weighted by Gasteiger charge is -2.39. The standard InChI is InChI=1S/C22H25N5O5S/c1-4-32-10-12(2)5-16(28)14-7-26(8-14)17-6-13(3)18-19(29)15(21(30)31)9-27(20(18)25-17)22-23-11-24-33-22/h6,9,11-12,14H,4-5,7-8,10H2,1-3H3,(H,30,31). The lowest BCUT2D eigenvalue weighted by Crippen LogP contribution is -2.51. The molecule has 0 radical (unpaired) electrons. The third-order valence-corrected chi connectivity index (χ3v) is 6.41. The van der Waals surface area contributed by atoms with Gasteiger partial charge in [0.05, 0.1) is 11.3 Å². The van der Waals surface area contributed by atoms with Gasteiger partial charge in [-0.05, 0) is 31.4 Å². The summed E-state index contributed by atoms with van der Waals surface area (Å²) < 4.78 is 10.9. The molecule has 4 heterocycles. The summed E-state index contributed by atoms with van der Waals surface area (Å²) >= 11 is 1.07. The molecular weight excluding hydrogens is 446 g/mol. The summed E-state index contributed by atoms with van der Waals surface area (Å²) in [6.07, 6.45) is 3.09. The molecule has 3 aromatic heterocycles. The van der Waals surface area contributed by atoms with Crippen molar-refractivity contribution in [2.24, 2.45) is 11.8 Å². The number of aryl methyl sites for hydroxylation is 1. The quantitative estimate of drug-likeness (QED) is 0.500. The maximum absolute atomic E-state index is 12.9. The molecule has 0 amide bonds. The number of aromatic nitrogens is 4. The fourth-order valence-corrected chi connectivity index (χ4v) is 4.48. The smallest absolute Gasteiger partial charge is 0.341 e. The maximum atomic E-state index is 12.9. The zero-order chi connectivity index (χ0) is 23.7. The number of carboxylic acids is 1. The van der Waals surface area contributed by atoms with Gasteiger partial charge in [0, 0.05) is 50.5 Å². The first-order valence-electron chi connectivity index (χ1n) is 10.7. The maximum Gasteiger partial charge on any atom is 0.341 e. The molecule has 1 N–H and O–H groups in total. The van der Waals surface area contributed by atoms with Crippen LogP contribution in [0.1, 0.15) is 36.2 Å². The van der Waals surface area contributed by atoms with Crippen LogP contribution in [0.3, 0.4) is 0 Å². The summed E-state index contributed by atoms with van der Waals surface area (Å²) in [7, 11) is 0. The Morgan fingerprint density at radius 1 is 1.36 bits per heavy atom. The summed E-state index contributed by atoms with van der Waals surface area (Å²) in [4.78, 5) is 47.9. The van der Waals surface area contributed by atoms with Crippen LogP contribution in [0.5, 0.6) is 0 Å². The highest BCUT2D eigenvalue weighted by molar-refractivity contribution is 7.08. The lowest BCUT2D eigenvalue weighted by atomic mass is 9.89. The second-order valence-corrected chi connectivity index (χ2v) is 9.06. The van der Waals surface area contributed by atoms with Gasteiger partial charge in [-0.15, -0.1) is 0 Å². The Morgan fingerprint density at radius 3 is 2.76 bits per heavy atom. The number of carbonyl (C=O) groups excluding carboxylic acids is 1. The van der Waals surface area contributed by atoms with Gasteiger partial charge in [0.1, 0.15) is 23.5 Å². The van der Waals surface area contributed by atoms with E-state index in [9.17, 15) is 19.5 Å². The first kappa shape index (κ1) is 23.0. The molecule has 1 aliphatic heterocycles. The number of hydrogen-bond acceptors (Lipinski definition) is 9. The van der Waals surface area contributed by atoms with Gasteiger partial charge in [0.15, 0.2) is 5.65 Å². The second-order valence-electron chi connectivity index (χ2n) is 8.30. The largest absolute Gasteiger partial charge is 0.477 e. The van der Waals surface area contributed by atoms with E-state index in [1.807, 2.05) is 18.7 Å². The number of Topliss-reactive ketones (excluding diaryl/α,β-unsaturated/α-hetero) is 1. The second kappa shape index (κ2) is 9.36. The van der Waals surface area contributed by atoms with Crippen LogP contribution in [-0.4, -0.2) is 62.1 Å². The molecule has 174 valence electrons. The first-order chi connectivity index (χ1) is 15.8. The Labute approximate surface area is 194 Å². The van der Waals surface area contributed by atoms with E-state index in [1.165, 1.54) is 17.1 Å². The number of carboxylic acid groups (broad SMARTS) is 1. The SMILES string of the molecule is CCOCC(C)CC(=O)C1CN(c2cc(C)c3c(=O)c(C(=O)O)cn(-c4ncns4)c3n2)C1. The van der Waals surface area contributed by atoms with Gasteiger partial charge in [0.2, 0.25) is 10.6 Å². The molecule has 10 nitrogen and oxygen atoms in total. The number of anilines is 1. The van der Waals surface area contributed by atoms with Crippen molar-refractivity contribution in [3.8, 4) is 5.13 Å². The van der Waals surface area contributed by atoms with E-state index >= 15 is 0 Å². The molecule has 11 heteroatoms. The molecule has 1 saturated heterocycles. The van der Waals surface area contributed by atoms with E-state index < -0.39 is 11.4 Å². The molecule has 1 fully saturated rings. The van der Waals surface area contributed by atoms with Gasteiger partial charge >= 0.3 is 5.97 Å². The van der Waals surface area contributed by atoms with E-state index in [0.717, 1.165) is 11.5 Å². The molecule has 0 aliphatic carbocycles. The number of pyridine rings is 2. The predicted molar refractivity (Wildman–Crippen MR) is 123 cm³/mol. The number of carbonyl (C=O) groups is 2. The average molecular weight is 472 g/mol. The number of nitrogens with zero attached hydrogens (tertiary/aromatic N) is 5. The summed E-state index contributed by atoms with van der Waals surface area (Å²) in [6, 6.07) is 1.76. The number of ether oxygens (including phenoxy) is 1. The molecule has 4 rings (SSSR count). The zero-order valence-electron chi connectivity index (χ0n) is 18.6. The molecule has 1 unspecified atom stereocenters. The van der Waals surface area contributed by atoms with E-state index in [-0.39, 0.29) is 28.6 Å². The van der Waals surface area contributed by atoms with Gasteiger partial charge in [0.25, 0.3) is 0 Å². The Morgan fingerprint density at radius 2 is 2.12 bits per heavy atom. The Kier molecular flexibility index (Phi) is 6.52. The number of aromatic carboxylic acids is 1. The number of ketones is 1. The summed E-state index contributed by atoms with van der Waals surface area (Å²) in [6.45, 7) is 8.01. The van der Waals surface area contributed by atoms with Crippen molar-refractivity contribution in [3.63, 3.8) is 0 Å². The monoisotopic (exact) mass is 471 g/mol. The van der Waals surface area contributed by atoms with Crippen molar-refractivity contribution >= 4 is 40.1 Å². The minimum absolute atomic E-state index is 0.0633. The molecule has 1 atom stereocenters. The van der Waals surface area contributed by atoms with Gasteiger partial charge in [-0.3, -0.25) is 14.2 Å². The van der Waals surface area contributed by atoms with Crippen LogP contribution in [0.4, 0.5) is 5.82 Å². The topological polar surface area (TPSA) is 128 Å². The van der Waals surface area contributed by atoms with Crippen LogP contribution in [0.2, 0.25) is 0 Å². The molecule has 0 aromatic carbocycles. The van der Waals surface area contributed by atoms with E-state index in [1.54, 1.807) is 13.0 Å². The van der Waals surface area contributed by atoms with E-state index in [0.29, 0.717) is 54.9 Å². The molecule has 1 aliphatic rings. The van der Waals surface area contributed by atoms with Gasteiger partial charge < -0.3 is 14.7 Å². The van der Waals surface area contributed by atoms with Crippen molar-refractivity contribution in [3.05, 3.63) is 39.9 Å². The van der Waals surface area contributed by atoms with Gasteiger partial charge in [-0.1, -0.05) is 6.92 Å². The molecular formula is C22H25N5O5S. The Balaban J connectivity index is 1.63. The zero-order valence-corrected chi connectivity index (χ0v) is 19.5. The molecule has 0 bridgehead atoms. The summed E-state index contributed by atoms with van der Waals surface area (Å²) in [5.41, 5.74) is -0.0146. The van der Waals surface area contributed by atoms with Crippen LogP contribution in [-0.2, 0) is 9.53 Å². The van der Waals surface area contributed by atoms with Crippen LogP contribution in [0.15, 0.2) is 23.4 Å². The van der Waals surface area contributed by atoms with Crippen LogP contribution in [0, 0.1) is 18.8 Å². The van der Waals surface area contributed by atoms with Gasteiger partial charge in [-0.25, -0.2) is 14.8 Å². The van der Waals surface area contributed by atoms with Crippen molar-refractivity contribution in [2.45, 2.75) is 27.2 Å². The molecule has 3 aromatic rings. The Bertz CT molecular complexity index is 1250. The third kappa shape index (κ3) is 4.51. The number of hydrogen-bond donors (Lipinski definition) is 1. The van der Waals surface area contributed by atoms with Crippen molar-refractivity contribution in [2.75, 3.05) is 31.2 Å². The summed E-state index contributed by atoms with van der Waals surface area (Å²) in [5.74, 6) is -0.352. The molecule has 0 spiro atoms. The average Bonchev–Trinajstić information content (AvgIpc) is 3.25. The van der Waals surface area contributed by atoms with E-state index in [4.69, 9.17) is 4.74 Å². The van der Waals surface area contributed by atoms with E-state index in [2.05, 4.69) is 14.3 Å². The highest BCUT2D eigenvalue weighted by Crippen LogP contribution is 2.29. The fourth-order valence-electron chi connectivity index (χ4n) is 3.97. The lowest BCUT2D eigenvalue weighted by molar-refractivity contribution is -0.124. The molecule has 33 heavy (non-hydrogen) atoms. The highest BCUT2D eigenvalue weighted by Gasteiger charge is 2.34. The van der Waals surface area contributed by atoms with Crippen LogP contribution < -0.4 is 10.3 Å². The number of fused-ring (bicyclic) bond motifs is 1. The van der Waals surface area contributed by atoms with Crippen molar-refractivity contribution in [1.82, 2.24) is 18.9 Å². The fraction of sp³-hybridized carbons (Fsp3) is 0.455. The highest BCUT2D eigenvalue weighted by atomic mass is 32.1. The normalized spacial score (nSPS) is 14.9. The minimum Gasteiger partial charge on any atom is -0.477 e. The van der Waals surface area contributed by atoms with Crippen LogP contribution >= 0.6 is 11.5 Å². The Hall–Kier alpha value is -3.18. The minimum atomic E-state index is -1.31. The number of rotatable bonds is 9. The van der Waals surface area contributed by atoms with Gasteiger partial charge in [-0.2, -0.15) is 4.37 Å². The molecule has 0 saturated carbocycles. The predicted octanol–water partition coefficient (Wildman–Crippen LogP) is 2.31. The summed E-state index contributed by atoms with van der Waals surface area (Å²) in [5, 5.41) is 10.1. The van der Waals surface area contributed by atoms with Crippen LogP contribution in [0.25, 0.3) is 16.2 Å².